The first-order valence-corrected chi connectivity index (χ1v) is 9.61. The second-order valence-electron chi connectivity index (χ2n) is 6.89. The van der Waals surface area contributed by atoms with Crippen molar-refractivity contribution in [2.24, 2.45) is 5.92 Å². The molecule has 3 N–H and O–H groups in total. The lowest BCUT2D eigenvalue weighted by Gasteiger charge is -2.34. The third kappa shape index (κ3) is 4.86. The summed E-state index contributed by atoms with van der Waals surface area (Å²) >= 11 is 0. The fourth-order valence-corrected chi connectivity index (χ4v) is 3.38. The molecule has 2 aromatic rings. The molecule has 7 nitrogen and oxygen atoms in total. The van der Waals surface area contributed by atoms with Gasteiger partial charge in [0.25, 0.3) is 5.91 Å². The van der Waals surface area contributed by atoms with Gasteiger partial charge in [0.2, 0.25) is 0 Å². The first-order chi connectivity index (χ1) is 13.6. The van der Waals surface area contributed by atoms with Crippen LogP contribution in [-0.2, 0) is 0 Å². The van der Waals surface area contributed by atoms with Gasteiger partial charge in [0, 0.05) is 37.1 Å². The summed E-state index contributed by atoms with van der Waals surface area (Å²) in [6.07, 6.45) is 2.52. The highest BCUT2D eigenvalue weighted by atomic mass is 16.3. The van der Waals surface area contributed by atoms with Crippen molar-refractivity contribution >= 4 is 17.6 Å². The predicted octanol–water partition coefficient (Wildman–Crippen LogP) is 2.81. The van der Waals surface area contributed by atoms with Crippen LogP contribution in [0.5, 0.6) is 0 Å². The van der Waals surface area contributed by atoms with E-state index in [1.54, 1.807) is 35.4 Å². The second-order valence-corrected chi connectivity index (χ2v) is 6.89. The average Bonchev–Trinajstić information content (AvgIpc) is 2.74. The number of hydrogen-bond donors (Lipinski definition) is 3. The van der Waals surface area contributed by atoms with E-state index in [0.29, 0.717) is 36.6 Å². The van der Waals surface area contributed by atoms with Crippen LogP contribution in [0.15, 0.2) is 48.7 Å². The molecule has 0 saturated carbocycles. The van der Waals surface area contributed by atoms with Gasteiger partial charge in [0.05, 0.1) is 11.8 Å². The minimum atomic E-state index is -0.603. The van der Waals surface area contributed by atoms with Crippen LogP contribution in [0.4, 0.5) is 10.5 Å². The van der Waals surface area contributed by atoms with Crippen LogP contribution in [0.2, 0.25) is 0 Å². The van der Waals surface area contributed by atoms with Crippen LogP contribution < -0.4 is 10.6 Å². The highest BCUT2D eigenvalue weighted by Gasteiger charge is 2.28. The first kappa shape index (κ1) is 19.8. The van der Waals surface area contributed by atoms with Gasteiger partial charge in [-0.05, 0) is 62.1 Å². The van der Waals surface area contributed by atoms with Crippen molar-refractivity contribution < 1.29 is 14.7 Å². The van der Waals surface area contributed by atoms with E-state index in [9.17, 15) is 14.7 Å². The molecule has 0 radical (unpaired) electrons. The summed E-state index contributed by atoms with van der Waals surface area (Å²) in [6, 6.07) is 12.2. The lowest BCUT2D eigenvalue weighted by Crippen LogP contribution is -2.42. The van der Waals surface area contributed by atoms with Crippen LogP contribution in [0.3, 0.4) is 0 Å². The third-order valence-electron chi connectivity index (χ3n) is 5.00. The fourth-order valence-electron chi connectivity index (χ4n) is 3.38. The van der Waals surface area contributed by atoms with Crippen molar-refractivity contribution in [2.75, 3.05) is 25.0 Å². The maximum atomic E-state index is 12.5. The van der Waals surface area contributed by atoms with Gasteiger partial charge >= 0.3 is 6.03 Å². The summed E-state index contributed by atoms with van der Waals surface area (Å²) < 4.78 is 0. The molecule has 1 aliphatic rings. The summed E-state index contributed by atoms with van der Waals surface area (Å²) in [5.41, 5.74) is 1.88. The van der Waals surface area contributed by atoms with E-state index in [1.165, 1.54) is 0 Å². The number of urea groups is 1. The van der Waals surface area contributed by atoms with Crippen LogP contribution >= 0.6 is 0 Å². The fraction of sp³-hybridized carbons (Fsp3) is 0.381. The molecule has 1 aromatic heterocycles. The Bertz CT molecular complexity index is 787. The number of amides is 3. The number of rotatable bonds is 5. The van der Waals surface area contributed by atoms with Gasteiger partial charge < -0.3 is 20.6 Å². The van der Waals surface area contributed by atoms with Gasteiger partial charge in [-0.1, -0.05) is 6.07 Å². The summed E-state index contributed by atoms with van der Waals surface area (Å²) in [7, 11) is 0. The molecule has 28 heavy (non-hydrogen) atoms. The number of likely N-dealkylation sites (tertiary alicyclic amines) is 1. The van der Waals surface area contributed by atoms with Gasteiger partial charge in [-0.2, -0.15) is 0 Å². The Morgan fingerprint density at radius 3 is 2.50 bits per heavy atom. The smallest absolute Gasteiger partial charge is 0.321 e. The van der Waals surface area contributed by atoms with Crippen LogP contribution in [0.25, 0.3) is 0 Å². The Morgan fingerprint density at radius 1 is 1.18 bits per heavy atom. The molecular formula is C21H26N4O3. The van der Waals surface area contributed by atoms with Gasteiger partial charge in [-0.3, -0.25) is 9.78 Å². The van der Waals surface area contributed by atoms with E-state index in [-0.39, 0.29) is 17.9 Å². The molecule has 1 aromatic carbocycles. The van der Waals surface area contributed by atoms with E-state index in [4.69, 9.17) is 0 Å². The number of aliphatic hydroxyl groups excluding tert-OH is 1. The van der Waals surface area contributed by atoms with E-state index in [2.05, 4.69) is 15.6 Å². The first-order valence-electron chi connectivity index (χ1n) is 9.61. The maximum absolute atomic E-state index is 12.5. The zero-order valence-corrected chi connectivity index (χ0v) is 16.0. The molecule has 3 rings (SSSR count). The van der Waals surface area contributed by atoms with Crippen molar-refractivity contribution in [3.05, 3.63) is 59.9 Å². The molecule has 1 fully saturated rings. The molecule has 148 valence electrons. The quantitative estimate of drug-likeness (QED) is 0.741. The second kappa shape index (κ2) is 9.32. The number of carbonyl (C=O) groups is 2. The Balaban J connectivity index is 1.50. The highest BCUT2D eigenvalue weighted by molar-refractivity contribution is 5.95. The molecule has 1 atom stereocenters. The highest BCUT2D eigenvalue weighted by Crippen LogP contribution is 2.29. The molecule has 0 spiro atoms. The number of aliphatic hydroxyl groups is 1. The van der Waals surface area contributed by atoms with E-state index in [1.807, 2.05) is 25.1 Å². The molecule has 0 aliphatic carbocycles. The van der Waals surface area contributed by atoms with Crippen molar-refractivity contribution in [1.29, 1.82) is 0 Å². The molecule has 2 heterocycles. The van der Waals surface area contributed by atoms with Gasteiger partial charge in [0.1, 0.15) is 0 Å². The van der Waals surface area contributed by atoms with Crippen molar-refractivity contribution in [1.82, 2.24) is 15.2 Å². The number of pyridine rings is 1. The molecule has 3 amide bonds. The summed E-state index contributed by atoms with van der Waals surface area (Å²) in [6.45, 7) is 3.60. The van der Waals surface area contributed by atoms with Crippen LogP contribution in [0.1, 0.15) is 41.9 Å². The number of piperidine rings is 1. The maximum Gasteiger partial charge on any atom is 0.321 e. The zero-order chi connectivity index (χ0) is 19.9. The molecular weight excluding hydrogens is 356 g/mol. The van der Waals surface area contributed by atoms with Gasteiger partial charge in [-0.25, -0.2) is 4.79 Å². The minimum Gasteiger partial charge on any atom is -0.387 e. The van der Waals surface area contributed by atoms with Crippen molar-refractivity contribution in [2.45, 2.75) is 25.9 Å². The Hall–Kier alpha value is -2.93. The number of carbonyl (C=O) groups excluding carboxylic acids is 2. The topological polar surface area (TPSA) is 94.6 Å². The summed E-state index contributed by atoms with van der Waals surface area (Å²) in [5, 5.41) is 16.1. The standard InChI is InChI=1S/C21H26N4O3/c1-2-22-20(27)16-6-8-17(9-7-16)24-21(28)25-13-10-15(11-14-25)19(26)18-5-3-4-12-23-18/h3-9,12,15,19,26H,2,10-11,13-14H2,1H3,(H,22,27)(H,24,28)/t19-/m0/s1. The van der Waals surface area contributed by atoms with E-state index in [0.717, 1.165) is 12.8 Å². The number of nitrogens with zero attached hydrogens (tertiary/aromatic N) is 2. The van der Waals surface area contributed by atoms with Crippen LogP contribution in [-0.4, -0.2) is 46.6 Å². The summed E-state index contributed by atoms with van der Waals surface area (Å²) in [4.78, 5) is 30.3. The molecule has 1 saturated heterocycles. The van der Waals surface area contributed by atoms with E-state index >= 15 is 0 Å². The van der Waals surface area contributed by atoms with Crippen LogP contribution in [0, 0.1) is 5.92 Å². The number of aromatic nitrogens is 1. The van der Waals surface area contributed by atoms with Gasteiger partial charge in [-0.15, -0.1) is 0 Å². The predicted molar refractivity (Wildman–Crippen MR) is 107 cm³/mol. The molecule has 0 bridgehead atoms. The Kier molecular flexibility index (Phi) is 6.60. The van der Waals surface area contributed by atoms with Crippen molar-refractivity contribution in [3.8, 4) is 0 Å². The Labute approximate surface area is 164 Å². The lowest BCUT2D eigenvalue weighted by atomic mass is 9.89. The number of hydrogen-bond acceptors (Lipinski definition) is 4. The largest absolute Gasteiger partial charge is 0.387 e. The van der Waals surface area contributed by atoms with Crippen molar-refractivity contribution in [3.63, 3.8) is 0 Å². The zero-order valence-electron chi connectivity index (χ0n) is 16.0. The normalized spacial score (nSPS) is 15.7. The SMILES string of the molecule is CCNC(=O)c1ccc(NC(=O)N2CCC([C@H](O)c3ccccn3)CC2)cc1. The third-order valence-corrected chi connectivity index (χ3v) is 5.00. The minimum absolute atomic E-state index is 0.0929. The van der Waals surface area contributed by atoms with E-state index < -0.39 is 6.10 Å². The molecule has 0 unspecified atom stereocenters. The number of anilines is 1. The van der Waals surface area contributed by atoms with Gasteiger partial charge in [0.15, 0.2) is 0 Å². The number of nitrogens with one attached hydrogen (secondary N) is 2. The summed E-state index contributed by atoms with van der Waals surface area (Å²) in [5.74, 6) is -0.0378. The lowest BCUT2D eigenvalue weighted by molar-refractivity contribution is 0.0652. The molecule has 7 heteroatoms. The monoisotopic (exact) mass is 382 g/mol. The average molecular weight is 382 g/mol. The molecule has 1 aliphatic heterocycles. The Morgan fingerprint density at radius 2 is 1.89 bits per heavy atom. The number of benzene rings is 1.